The van der Waals surface area contributed by atoms with Crippen LogP contribution in [0.3, 0.4) is 0 Å². The van der Waals surface area contributed by atoms with Crippen LogP contribution in [0.15, 0.2) is 11.4 Å². The van der Waals surface area contributed by atoms with Crippen molar-refractivity contribution in [1.82, 2.24) is 15.3 Å². The summed E-state index contributed by atoms with van der Waals surface area (Å²) in [5.41, 5.74) is 5.61. The molecule has 0 bridgehead atoms. The van der Waals surface area contributed by atoms with Crippen LogP contribution in [0, 0.1) is 0 Å². The molecule has 1 amide bonds. The quantitative estimate of drug-likeness (QED) is 0.145. The number of nitrogens with one attached hydrogen (secondary N) is 2. The average Bonchev–Trinajstić information content (AvgIpc) is 3.11. The lowest BCUT2D eigenvalue weighted by Crippen LogP contribution is -2.55. The molecule has 14 heteroatoms. The van der Waals surface area contributed by atoms with E-state index in [9.17, 15) is 33.9 Å². The molecule has 0 radical (unpaired) electrons. The number of amides is 1. The predicted octanol–water partition coefficient (Wildman–Crippen LogP) is -3.35. The van der Waals surface area contributed by atoms with Crippen molar-refractivity contribution in [3.8, 4) is 0 Å². The zero-order valence-electron chi connectivity index (χ0n) is 17.4. The number of H-pyrrole nitrogens is 1. The summed E-state index contributed by atoms with van der Waals surface area (Å²) in [6, 6.07) is -3.68. The van der Waals surface area contributed by atoms with Gasteiger partial charge in [-0.2, -0.15) is 4.98 Å². The van der Waals surface area contributed by atoms with Crippen molar-refractivity contribution in [2.75, 3.05) is 26.9 Å². The molecule has 3 unspecified atom stereocenters. The van der Waals surface area contributed by atoms with E-state index in [4.69, 9.17) is 10.8 Å². The number of aliphatic carboxylic acids is 3. The van der Waals surface area contributed by atoms with Gasteiger partial charge in [0.05, 0.1) is 32.8 Å². The number of nitrogens with zero attached hydrogens (tertiary/aromatic N) is 2. The maximum Gasteiger partial charge on any atom is 0.331 e. The van der Waals surface area contributed by atoms with E-state index in [0.29, 0.717) is 5.69 Å². The summed E-state index contributed by atoms with van der Waals surface area (Å²) in [7, 11) is 5.03. The molecule has 0 fully saturated rings. The van der Waals surface area contributed by atoms with Crippen molar-refractivity contribution >= 4 is 35.0 Å². The monoisotopic (exact) mass is 461 g/mol. The van der Waals surface area contributed by atoms with Crippen LogP contribution in [0.25, 0.3) is 0 Å². The fourth-order valence-electron chi connectivity index (χ4n) is 2.51. The van der Waals surface area contributed by atoms with E-state index >= 15 is 0 Å². The summed E-state index contributed by atoms with van der Waals surface area (Å²) in [6.45, 7) is 0. The SMILES string of the molecule is C[N+](C)(C)[C@@H](Cc1c[nH]c([S+]([O-])CC(NC(=O)CCC(N)C(=O)O)C(=O)O)n1)C(=O)[O-]. The number of quaternary nitrogens is 1. The second-order valence-corrected chi connectivity index (χ2v) is 9.22. The topological polar surface area (TPSA) is 222 Å². The molecule has 0 saturated carbocycles. The van der Waals surface area contributed by atoms with Crippen LogP contribution in [-0.2, 0) is 36.8 Å². The van der Waals surface area contributed by atoms with Gasteiger partial charge in [0, 0.05) is 30.2 Å². The number of nitrogens with two attached hydrogens (primary N) is 1. The van der Waals surface area contributed by atoms with Gasteiger partial charge in [-0.25, -0.2) is 4.79 Å². The van der Waals surface area contributed by atoms with Gasteiger partial charge in [0.1, 0.15) is 17.8 Å². The molecule has 0 aliphatic heterocycles. The minimum Gasteiger partial charge on any atom is -0.609 e. The van der Waals surface area contributed by atoms with Crippen LogP contribution in [0.2, 0.25) is 0 Å². The molecule has 1 rings (SSSR count). The highest BCUT2D eigenvalue weighted by Gasteiger charge is 2.31. The van der Waals surface area contributed by atoms with E-state index in [1.807, 2.05) is 0 Å². The fourth-order valence-corrected chi connectivity index (χ4v) is 3.61. The van der Waals surface area contributed by atoms with Gasteiger partial charge < -0.3 is 45.2 Å². The van der Waals surface area contributed by atoms with Crippen LogP contribution >= 0.6 is 0 Å². The summed E-state index contributed by atoms with van der Waals surface area (Å²) >= 11 is -1.95. The van der Waals surface area contributed by atoms with Crippen LogP contribution in [0.1, 0.15) is 18.5 Å². The highest BCUT2D eigenvalue weighted by atomic mass is 32.2. The fraction of sp³-hybridized carbons (Fsp3) is 0.588. The third kappa shape index (κ3) is 8.53. The number of aromatic amines is 1. The van der Waals surface area contributed by atoms with E-state index in [-0.39, 0.29) is 28.9 Å². The van der Waals surface area contributed by atoms with E-state index in [1.165, 1.54) is 6.20 Å². The highest BCUT2D eigenvalue weighted by molar-refractivity contribution is 7.91. The van der Waals surface area contributed by atoms with Gasteiger partial charge in [0.15, 0.2) is 6.04 Å². The van der Waals surface area contributed by atoms with E-state index < -0.39 is 58.9 Å². The number of hydrogen-bond acceptors (Lipinski definition) is 8. The highest BCUT2D eigenvalue weighted by Crippen LogP contribution is 2.13. The molecular weight excluding hydrogens is 434 g/mol. The second kappa shape index (κ2) is 11.1. The number of carbonyl (C=O) groups excluding carboxylic acids is 2. The molecule has 0 saturated heterocycles. The Kier molecular flexibility index (Phi) is 9.42. The molecule has 0 aliphatic rings. The standard InChI is InChI=1S/C17H27N5O8S/c1-22(2,3)12(16(28)29)6-9-7-19-17(20-9)31(30)8-11(15(26)27)21-13(23)5-4-10(18)14(24)25/h7,10-12H,4-6,8,18H2,1-3H3,(H4-,19,20,21,23,24,25,26,27,28,29)/t10?,11?,12-,31?/m0/s1. The minimum absolute atomic E-state index is 0.00244. The van der Waals surface area contributed by atoms with Crippen molar-refractivity contribution in [1.29, 1.82) is 0 Å². The lowest BCUT2D eigenvalue weighted by Gasteiger charge is -2.34. The Morgan fingerprint density at radius 2 is 1.87 bits per heavy atom. The summed E-state index contributed by atoms with van der Waals surface area (Å²) < 4.78 is 12.6. The zero-order valence-corrected chi connectivity index (χ0v) is 18.2. The van der Waals surface area contributed by atoms with E-state index in [1.54, 1.807) is 21.1 Å². The molecular formula is C17H27N5O8S. The molecule has 0 aliphatic carbocycles. The summed E-state index contributed by atoms with van der Waals surface area (Å²) in [5.74, 6) is -5.24. The van der Waals surface area contributed by atoms with Gasteiger partial charge in [-0.05, 0) is 6.42 Å². The molecule has 1 aromatic rings. The van der Waals surface area contributed by atoms with Gasteiger partial charge in [-0.1, -0.05) is 0 Å². The molecule has 4 atom stereocenters. The number of likely N-dealkylation sites (N-methyl/N-ethyl adjacent to an activating group) is 1. The maximum atomic E-state index is 12.5. The lowest BCUT2D eigenvalue weighted by atomic mass is 10.1. The van der Waals surface area contributed by atoms with Gasteiger partial charge in [0.2, 0.25) is 5.91 Å². The summed E-state index contributed by atoms with van der Waals surface area (Å²) in [4.78, 5) is 52.0. The first-order valence-corrected chi connectivity index (χ1v) is 10.5. The number of carboxylic acids is 3. The molecule has 0 spiro atoms. The Labute approximate surface area is 181 Å². The molecule has 1 aromatic heterocycles. The molecule has 1 heterocycles. The maximum absolute atomic E-state index is 12.5. The smallest absolute Gasteiger partial charge is 0.331 e. The second-order valence-electron chi connectivity index (χ2n) is 7.81. The Morgan fingerprint density at radius 1 is 1.26 bits per heavy atom. The van der Waals surface area contributed by atoms with Gasteiger partial charge in [0.25, 0.3) is 0 Å². The average molecular weight is 461 g/mol. The van der Waals surface area contributed by atoms with Crippen LogP contribution in [0.4, 0.5) is 0 Å². The van der Waals surface area contributed by atoms with Crippen molar-refractivity contribution < 1.29 is 43.5 Å². The number of carboxylic acid groups (broad SMARTS) is 3. The molecule has 0 aromatic carbocycles. The molecule has 174 valence electrons. The predicted molar refractivity (Wildman–Crippen MR) is 105 cm³/mol. The van der Waals surface area contributed by atoms with E-state index in [2.05, 4.69) is 15.3 Å². The van der Waals surface area contributed by atoms with Gasteiger partial charge in [-0.15, -0.1) is 0 Å². The van der Waals surface area contributed by atoms with Crippen molar-refractivity contribution in [3.63, 3.8) is 0 Å². The first-order chi connectivity index (χ1) is 14.2. The number of carbonyl (C=O) groups is 4. The van der Waals surface area contributed by atoms with Gasteiger partial charge >= 0.3 is 17.1 Å². The molecule has 6 N–H and O–H groups in total. The summed E-state index contributed by atoms with van der Waals surface area (Å²) in [6.07, 6.45) is 0.872. The van der Waals surface area contributed by atoms with Crippen LogP contribution in [-0.4, -0.2) is 98.1 Å². The number of aromatic nitrogens is 2. The Bertz CT molecular complexity index is 809. The lowest BCUT2D eigenvalue weighted by molar-refractivity contribution is -0.889. The largest absolute Gasteiger partial charge is 0.609 e. The number of rotatable bonds is 13. The van der Waals surface area contributed by atoms with Crippen molar-refractivity contribution in [2.24, 2.45) is 5.73 Å². The number of hydrogen-bond donors (Lipinski definition) is 5. The number of imidazole rings is 1. The van der Waals surface area contributed by atoms with E-state index in [0.717, 1.165) is 0 Å². The van der Waals surface area contributed by atoms with Crippen LogP contribution in [0.5, 0.6) is 0 Å². The van der Waals surface area contributed by atoms with Crippen LogP contribution < -0.4 is 16.2 Å². The third-order valence-electron chi connectivity index (χ3n) is 4.38. The van der Waals surface area contributed by atoms with Crippen molar-refractivity contribution in [2.45, 2.75) is 42.5 Å². The Morgan fingerprint density at radius 3 is 2.35 bits per heavy atom. The Balaban J connectivity index is 2.76. The Hall–Kier alpha value is -2.68. The first-order valence-electron chi connectivity index (χ1n) is 9.17. The normalized spacial score (nSPS) is 15.5. The molecule has 13 nitrogen and oxygen atoms in total. The molecule has 31 heavy (non-hydrogen) atoms. The third-order valence-corrected chi connectivity index (χ3v) is 5.66. The summed E-state index contributed by atoms with van der Waals surface area (Å²) in [5, 5.41) is 31.5. The first kappa shape index (κ1) is 26.4. The van der Waals surface area contributed by atoms with Crippen molar-refractivity contribution in [3.05, 3.63) is 11.9 Å². The van der Waals surface area contributed by atoms with Gasteiger partial charge in [-0.3, -0.25) is 9.59 Å². The minimum atomic E-state index is -1.95. The zero-order chi connectivity index (χ0) is 23.9.